The van der Waals surface area contributed by atoms with Crippen molar-refractivity contribution in [2.45, 2.75) is 71.9 Å². The molecule has 1 aliphatic carbocycles. The Hall–Kier alpha value is -0.0800. The minimum atomic E-state index is 0.259. The fourth-order valence-electron chi connectivity index (χ4n) is 3.42. The van der Waals surface area contributed by atoms with Gasteiger partial charge in [-0.25, -0.2) is 0 Å². The summed E-state index contributed by atoms with van der Waals surface area (Å²) in [5, 5.41) is 0. The molecule has 0 aromatic heterocycles. The second kappa shape index (κ2) is 6.38. The third-order valence-electron chi connectivity index (χ3n) is 5.61. The maximum atomic E-state index is 6.16. The van der Waals surface area contributed by atoms with Crippen LogP contribution in [0.3, 0.4) is 0 Å². The smallest absolute Gasteiger partial charge is 0.0331 e. The first-order chi connectivity index (χ1) is 8.34. The summed E-state index contributed by atoms with van der Waals surface area (Å²) >= 11 is 0. The van der Waals surface area contributed by atoms with E-state index in [0.717, 1.165) is 18.4 Å². The van der Waals surface area contributed by atoms with Gasteiger partial charge in [-0.15, -0.1) is 0 Å². The molecule has 108 valence electrons. The molecule has 18 heavy (non-hydrogen) atoms. The third-order valence-corrected chi connectivity index (χ3v) is 5.61. The molecule has 0 radical (unpaired) electrons. The van der Waals surface area contributed by atoms with Gasteiger partial charge in [-0.05, 0) is 57.4 Å². The molecule has 0 amide bonds. The number of hydrogen-bond donors (Lipinski definition) is 1. The molecule has 2 N–H and O–H groups in total. The molecular formula is C16H34N2. The lowest BCUT2D eigenvalue weighted by Gasteiger charge is -2.50. The summed E-state index contributed by atoms with van der Waals surface area (Å²) in [7, 11) is 2.28. The Balaban J connectivity index is 2.71. The van der Waals surface area contributed by atoms with E-state index in [1.807, 2.05) is 0 Å². The molecule has 0 aliphatic heterocycles. The van der Waals surface area contributed by atoms with Crippen LogP contribution in [0.1, 0.15) is 60.3 Å². The molecule has 0 spiro atoms. The highest BCUT2D eigenvalue weighted by atomic mass is 15.2. The molecule has 2 heteroatoms. The molecule has 0 aromatic carbocycles. The van der Waals surface area contributed by atoms with Crippen LogP contribution in [0.25, 0.3) is 0 Å². The second-order valence-corrected chi connectivity index (χ2v) is 7.11. The molecular weight excluding hydrogens is 220 g/mol. The minimum absolute atomic E-state index is 0.259. The molecule has 1 unspecified atom stereocenters. The van der Waals surface area contributed by atoms with E-state index >= 15 is 0 Å². The Morgan fingerprint density at radius 3 is 1.94 bits per heavy atom. The van der Waals surface area contributed by atoms with Gasteiger partial charge in [0.2, 0.25) is 0 Å². The van der Waals surface area contributed by atoms with Crippen molar-refractivity contribution in [2.75, 3.05) is 13.6 Å². The molecule has 2 nitrogen and oxygen atoms in total. The quantitative estimate of drug-likeness (QED) is 0.813. The van der Waals surface area contributed by atoms with Gasteiger partial charge in [-0.3, -0.25) is 4.90 Å². The van der Waals surface area contributed by atoms with Gasteiger partial charge >= 0.3 is 0 Å². The first-order valence-electron chi connectivity index (χ1n) is 7.77. The Morgan fingerprint density at radius 2 is 1.61 bits per heavy atom. The summed E-state index contributed by atoms with van der Waals surface area (Å²) in [6, 6.07) is 0.615. The zero-order valence-electron chi connectivity index (χ0n) is 13.4. The summed E-state index contributed by atoms with van der Waals surface area (Å²) in [4.78, 5) is 2.58. The van der Waals surface area contributed by atoms with Gasteiger partial charge in [-0.1, -0.05) is 27.7 Å². The van der Waals surface area contributed by atoms with E-state index in [1.165, 1.54) is 25.7 Å². The van der Waals surface area contributed by atoms with Crippen LogP contribution in [0, 0.1) is 17.8 Å². The van der Waals surface area contributed by atoms with Crippen molar-refractivity contribution in [1.29, 1.82) is 0 Å². The summed E-state index contributed by atoms with van der Waals surface area (Å²) in [6.45, 7) is 12.5. The van der Waals surface area contributed by atoms with Crippen LogP contribution in [0.4, 0.5) is 0 Å². The number of likely N-dealkylation sites (N-methyl/N-ethyl adjacent to an activating group) is 1. The van der Waals surface area contributed by atoms with E-state index in [-0.39, 0.29) is 5.54 Å². The molecule has 0 saturated heterocycles. The van der Waals surface area contributed by atoms with E-state index in [0.29, 0.717) is 12.0 Å². The zero-order chi connectivity index (χ0) is 13.9. The lowest BCUT2D eigenvalue weighted by atomic mass is 9.71. The molecule has 1 atom stereocenters. The second-order valence-electron chi connectivity index (χ2n) is 7.11. The van der Waals surface area contributed by atoms with Crippen molar-refractivity contribution in [1.82, 2.24) is 4.90 Å². The Morgan fingerprint density at radius 1 is 1.11 bits per heavy atom. The van der Waals surface area contributed by atoms with E-state index in [9.17, 15) is 0 Å². The van der Waals surface area contributed by atoms with Gasteiger partial charge in [0.25, 0.3) is 0 Å². The monoisotopic (exact) mass is 254 g/mol. The Kier molecular flexibility index (Phi) is 5.67. The SMILES string of the molecule is CC(C)C1CCC(CN)(N(C)C(C)C(C)C)CC1. The van der Waals surface area contributed by atoms with Crippen molar-refractivity contribution in [3.63, 3.8) is 0 Å². The molecule has 1 rings (SSSR count). The topological polar surface area (TPSA) is 29.3 Å². The van der Waals surface area contributed by atoms with E-state index < -0.39 is 0 Å². The third kappa shape index (κ3) is 3.27. The van der Waals surface area contributed by atoms with E-state index in [1.54, 1.807) is 0 Å². The average Bonchev–Trinajstić information content (AvgIpc) is 2.36. The molecule has 0 aromatic rings. The van der Waals surface area contributed by atoms with Crippen LogP contribution >= 0.6 is 0 Å². The van der Waals surface area contributed by atoms with Crippen LogP contribution in [-0.2, 0) is 0 Å². The highest BCUT2D eigenvalue weighted by molar-refractivity contribution is 4.97. The summed E-state index contributed by atoms with van der Waals surface area (Å²) in [5.41, 5.74) is 6.42. The fourth-order valence-corrected chi connectivity index (χ4v) is 3.42. The lowest BCUT2D eigenvalue weighted by molar-refractivity contribution is 0.0150. The van der Waals surface area contributed by atoms with E-state index in [2.05, 4.69) is 46.6 Å². The van der Waals surface area contributed by atoms with Crippen molar-refractivity contribution >= 4 is 0 Å². The number of nitrogens with zero attached hydrogens (tertiary/aromatic N) is 1. The van der Waals surface area contributed by atoms with Gasteiger partial charge in [0.05, 0.1) is 0 Å². The van der Waals surface area contributed by atoms with Crippen molar-refractivity contribution < 1.29 is 0 Å². The normalized spacial score (nSPS) is 31.3. The van der Waals surface area contributed by atoms with Gasteiger partial charge in [0.1, 0.15) is 0 Å². The summed E-state index contributed by atoms with van der Waals surface area (Å²) < 4.78 is 0. The molecule has 0 heterocycles. The minimum Gasteiger partial charge on any atom is -0.329 e. The van der Waals surface area contributed by atoms with Crippen LogP contribution in [0.2, 0.25) is 0 Å². The van der Waals surface area contributed by atoms with Crippen LogP contribution in [-0.4, -0.2) is 30.1 Å². The summed E-state index contributed by atoms with van der Waals surface area (Å²) in [6.07, 6.45) is 5.26. The molecule has 1 fully saturated rings. The zero-order valence-corrected chi connectivity index (χ0v) is 13.4. The van der Waals surface area contributed by atoms with Gasteiger partial charge in [-0.2, -0.15) is 0 Å². The maximum absolute atomic E-state index is 6.16. The first-order valence-corrected chi connectivity index (χ1v) is 7.77. The number of nitrogens with two attached hydrogens (primary N) is 1. The predicted octanol–water partition coefficient (Wildman–Crippen LogP) is 3.51. The first kappa shape index (κ1) is 16.0. The van der Waals surface area contributed by atoms with Crippen molar-refractivity contribution in [3.8, 4) is 0 Å². The molecule has 1 saturated carbocycles. The highest BCUT2D eigenvalue weighted by Gasteiger charge is 2.40. The summed E-state index contributed by atoms with van der Waals surface area (Å²) in [5.74, 6) is 2.43. The molecule has 0 bridgehead atoms. The Bertz CT molecular complexity index is 239. The van der Waals surface area contributed by atoms with Crippen LogP contribution < -0.4 is 5.73 Å². The van der Waals surface area contributed by atoms with Crippen LogP contribution in [0.5, 0.6) is 0 Å². The maximum Gasteiger partial charge on any atom is 0.0331 e. The average molecular weight is 254 g/mol. The van der Waals surface area contributed by atoms with Gasteiger partial charge in [0, 0.05) is 18.1 Å². The largest absolute Gasteiger partial charge is 0.329 e. The fraction of sp³-hybridized carbons (Fsp3) is 1.00. The highest BCUT2D eigenvalue weighted by Crippen LogP contribution is 2.39. The Labute approximate surface area is 114 Å². The van der Waals surface area contributed by atoms with Crippen molar-refractivity contribution in [3.05, 3.63) is 0 Å². The van der Waals surface area contributed by atoms with Crippen molar-refractivity contribution in [2.24, 2.45) is 23.5 Å². The standard InChI is InChI=1S/C16H34N2/c1-12(2)14(5)18(6)16(11-17)9-7-15(8-10-16)13(3)4/h12-15H,7-11,17H2,1-6H3. The van der Waals surface area contributed by atoms with Crippen LogP contribution in [0.15, 0.2) is 0 Å². The molecule has 1 aliphatic rings. The lowest BCUT2D eigenvalue weighted by Crippen LogP contribution is -2.58. The van der Waals surface area contributed by atoms with E-state index in [4.69, 9.17) is 5.73 Å². The number of rotatable bonds is 5. The van der Waals surface area contributed by atoms with Gasteiger partial charge < -0.3 is 5.73 Å². The number of hydrogen-bond acceptors (Lipinski definition) is 2. The van der Waals surface area contributed by atoms with Gasteiger partial charge in [0.15, 0.2) is 0 Å². The predicted molar refractivity (Wildman–Crippen MR) is 80.6 cm³/mol.